The number of halogens is 1. The number of ether oxygens (including phenoxy) is 1. The first-order valence-corrected chi connectivity index (χ1v) is 15.4. The van der Waals surface area contributed by atoms with E-state index in [1.54, 1.807) is 73.2 Å². The van der Waals surface area contributed by atoms with Crippen molar-refractivity contribution in [2.24, 2.45) is 0 Å². The molecular weight excluding hydrogens is 562 g/mol. The number of amides is 1. The lowest BCUT2D eigenvalue weighted by Gasteiger charge is -2.20. The number of aromatic nitrogens is 1. The monoisotopic (exact) mass is 593 g/mol. The molecule has 4 aromatic rings. The van der Waals surface area contributed by atoms with Gasteiger partial charge in [0.15, 0.2) is 0 Å². The highest BCUT2D eigenvalue weighted by Crippen LogP contribution is 2.31. The molecule has 10 heteroatoms. The lowest BCUT2D eigenvalue weighted by atomic mass is 10.1. The summed E-state index contributed by atoms with van der Waals surface area (Å²) in [7, 11) is -2.10. The fourth-order valence-corrected chi connectivity index (χ4v) is 7.02. The number of methoxy groups -OCH3 is 1. The molecule has 0 unspecified atom stereocenters. The Morgan fingerprint density at radius 1 is 0.951 bits per heavy atom. The molecule has 0 atom stereocenters. The molecule has 1 aliphatic heterocycles. The Bertz CT molecular complexity index is 1710. The van der Waals surface area contributed by atoms with Gasteiger partial charge in [-0.05, 0) is 86.0 Å². The number of nitrogens with zero attached hydrogens (tertiary/aromatic N) is 2. The molecule has 3 aromatic carbocycles. The highest BCUT2D eigenvalue weighted by atomic mass is 35.5. The van der Waals surface area contributed by atoms with Crippen LogP contribution in [0.1, 0.15) is 47.3 Å². The van der Waals surface area contributed by atoms with Crippen LogP contribution in [0.3, 0.4) is 0 Å². The highest BCUT2D eigenvalue weighted by Gasteiger charge is 2.26. The van der Waals surface area contributed by atoms with E-state index in [9.17, 15) is 18.0 Å². The number of anilines is 1. The summed E-state index contributed by atoms with van der Waals surface area (Å²) in [5.41, 5.74) is 2.80. The van der Waals surface area contributed by atoms with E-state index in [-0.39, 0.29) is 23.1 Å². The Kier molecular flexibility index (Phi) is 8.49. The van der Waals surface area contributed by atoms with Gasteiger partial charge in [-0.3, -0.25) is 14.2 Å². The maximum absolute atomic E-state index is 13.5. The number of benzene rings is 3. The SMILES string of the molecule is COc1ccc2c(c1)c(CC(=O)Nc1cccc(S(=O)(=O)N3CCCCCC3)c1)c(C)n2C(=O)c1ccc(Cl)cc1. The Morgan fingerprint density at radius 3 is 2.34 bits per heavy atom. The number of carbonyl (C=O) groups is 2. The molecule has 0 bridgehead atoms. The molecule has 0 spiro atoms. The van der Waals surface area contributed by atoms with Gasteiger partial charge < -0.3 is 10.1 Å². The first-order valence-electron chi connectivity index (χ1n) is 13.6. The average Bonchev–Trinajstić information content (AvgIpc) is 3.12. The molecule has 5 rings (SSSR count). The predicted molar refractivity (Wildman–Crippen MR) is 160 cm³/mol. The smallest absolute Gasteiger partial charge is 0.262 e. The van der Waals surface area contributed by atoms with Crippen molar-refractivity contribution >= 4 is 50.0 Å². The van der Waals surface area contributed by atoms with E-state index in [1.165, 1.54) is 10.4 Å². The third kappa shape index (κ3) is 6.02. The third-order valence-electron chi connectivity index (χ3n) is 7.49. The van der Waals surface area contributed by atoms with E-state index in [2.05, 4.69) is 5.32 Å². The topological polar surface area (TPSA) is 97.7 Å². The Morgan fingerprint density at radius 2 is 1.66 bits per heavy atom. The first-order chi connectivity index (χ1) is 19.7. The summed E-state index contributed by atoms with van der Waals surface area (Å²) in [6.07, 6.45) is 3.70. The Labute approximate surface area is 244 Å². The van der Waals surface area contributed by atoms with Gasteiger partial charge in [0.1, 0.15) is 5.75 Å². The fraction of sp³-hybridized carbons (Fsp3) is 0.290. The second kappa shape index (κ2) is 12.1. The summed E-state index contributed by atoms with van der Waals surface area (Å²) in [5.74, 6) is 0.0207. The molecule has 1 saturated heterocycles. The number of carbonyl (C=O) groups excluding carboxylic acids is 2. The maximum atomic E-state index is 13.5. The van der Waals surface area contributed by atoms with Crippen molar-refractivity contribution < 1.29 is 22.7 Å². The van der Waals surface area contributed by atoms with Gasteiger partial charge in [-0.25, -0.2) is 8.42 Å². The summed E-state index contributed by atoms with van der Waals surface area (Å²) in [4.78, 5) is 27.0. The molecule has 1 N–H and O–H groups in total. The van der Waals surface area contributed by atoms with E-state index < -0.39 is 10.0 Å². The van der Waals surface area contributed by atoms with Crippen LogP contribution in [-0.4, -0.2) is 49.3 Å². The Balaban J connectivity index is 1.44. The minimum atomic E-state index is -3.66. The number of sulfonamides is 1. The van der Waals surface area contributed by atoms with Gasteiger partial charge in [0.05, 0.1) is 23.9 Å². The van der Waals surface area contributed by atoms with Crippen LogP contribution >= 0.6 is 11.6 Å². The summed E-state index contributed by atoms with van der Waals surface area (Å²) < 4.78 is 35.1. The summed E-state index contributed by atoms with van der Waals surface area (Å²) in [5, 5.41) is 4.10. The largest absolute Gasteiger partial charge is 0.497 e. The summed E-state index contributed by atoms with van der Waals surface area (Å²) in [6, 6.07) is 18.4. The molecule has 2 heterocycles. The van der Waals surface area contributed by atoms with Gasteiger partial charge in [-0.15, -0.1) is 0 Å². The van der Waals surface area contributed by atoms with Crippen LogP contribution in [0.25, 0.3) is 10.9 Å². The van der Waals surface area contributed by atoms with Gasteiger partial charge in [0, 0.05) is 40.4 Å². The molecule has 1 aliphatic rings. The van der Waals surface area contributed by atoms with Crippen molar-refractivity contribution in [2.75, 3.05) is 25.5 Å². The first kappa shape index (κ1) is 28.9. The van der Waals surface area contributed by atoms with Gasteiger partial charge in [-0.2, -0.15) is 4.31 Å². The van der Waals surface area contributed by atoms with E-state index in [4.69, 9.17) is 16.3 Å². The molecule has 8 nitrogen and oxygen atoms in total. The minimum Gasteiger partial charge on any atom is -0.497 e. The van der Waals surface area contributed by atoms with Gasteiger partial charge in [-0.1, -0.05) is 30.5 Å². The molecule has 0 aliphatic carbocycles. The average molecular weight is 594 g/mol. The van der Waals surface area contributed by atoms with E-state index >= 15 is 0 Å². The van der Waals surface area contributed by atoms with Crippen LogP contribution in [-0.2, 0) is 21.2 Å². The summed E-state index contributed by atoms with van der Waals surface area (Å²) in [6.45, 7) is 2.80. The van der Waals surface area contributed by atoms with Crippen molar-refractivity contribution in [2.45, 2.75) is 43.9 Å². The standard InChI is InChI=1S/C31H32ClN3O5S/c1-21-27(28-19-25(40-2)14-15-29(28)35(21)31(37)22-10-12-23(32)13-11-22)20-30(36)33-24-8-7-9-26(18-24)41(38,39)34-16-5-3-4-6-17-34/h7-15,18-19H,3-6,16-17,20H2,1-2H3,(H,33,36). The van der Waals surface area contributed by atoms with E-state index in [0.29, 0.717) is 51.9 Å². The molecule has 0 radical (unpaired) electrons. The third-order valence-corrected chi connectivity index (χ3v) is 9.64. The van der Waals surface area contributed by atoms with Crippen LogP contribution in [0.2, 0.25) is 5.02 Å². The second-order valence-electron chi connectivity index (χ2n) is 10.2. The fourth-order valence-electron chi connectivity index (χ4n) is 5.33. The lowest BCUT2D eigenvalue weighted by Crippen LogP contribution is -2.32. The highest BCUT2D eigenvalue weighted by molar-refractivity contribution is 7.89. The van der Waals surface area contributed by atoms with Gasteiger partial charge >= 0.3 is 0 Å². The zero-order valence-electron chi connectivity index (χ0n) is 23.0. The summed E-state index contributed by atoms with van der Waals surface area (Å²) >= 11 is 6.02. The van der Waals surface area contributed by atoms with Crippen LogP contribution < -0.4 is 10.1 Å². The molecule has 1 amide bonds. The zero-order valence-corrected chi connectivity index (χ0v) is 24.6. The van der Waals surface area contributed by atoms with Crippen molar-refractivity contribution in [3.63, 3.8) is 0 Å². The number of hydrogen-bond acceptors (Lipinski definition) is 5. The number of hydrogen-bond donors (Lipinski definition) is 1. The molecule has 0 saturated carbocycles. The van der Waals surface area contributed by atoms with Crippen LogP contribution in [0, 0.1) is 6.92 Å². The number of rotatable bonds is 7. The quantitative estimate of drug-likeness (QED) is 0.281. The number of nitrogens with one attached hydrogen (secondary N) is 1. The van der Waals surface area contributed by atoms with E-state index in [0.717, 1.165) is 31.1 Å². The zero-order chi connectivity index (χ0) is 29.1. The van der Waals surface area contributed by atoms with Crippen LogP contribution in [0.15, 0.2) is 71.6 Å². The Hall–Kier alpha value is -3.66. The normalized spacial score (nSPS) is 14.5. The van der Waals surface area contributed by atoms with E-state index in [1.807, 2.05) is 6.07 Å². The van der Waals surface area contributed by atoms with Crippen molar-refractivity contribution in [3.8, 4) is 5.75 Å². The minimum absolute atomic E-state index is 0.0283. The maximum Gasteiger partial charge on any atom is 0.262 e. The number of fused-ring (bicyclic) bond motifs is 1. The van der Waals surface area contributed by atoms with Crippen molar-refractivity contribution in [1.29, 1.82) is 0 Å². The molecule has 1 aromatic heterocycles. The molecule has 41 heavy (non-hydrogen) atoms. The predicted octanol–water partition coefficient (Wildman–Crippen LogP) is 6.05. The van der Waals surface area contributed by atoms with Gasteiger partial charge in [0.25, 0.3) is 5.91 Å². The van der Waals surface area contributed by atoms with Crippen molar-refractivity contribution in [3.05, 3.63) is 88.6 Å². The molecule has 1 fully saturated rings. The molecular formula is C31H32ClN3O5S. The molecule has 214 valence electrons. The van der Waals surface area contributed by atoms with Crippen LogP contribution in [0.5, 0.6) is 5.75 Å². The second-order valence-corrected chi connectivity index (χ2v) is 12.5. The lowest BCUT2D eigenvalue weighted by molar-refractivity contribution is -0.115. The van der Waals surface area contributed by atoms with Crippen LogP contribution in [0.4, 0.5) is 5.69 Å². The van der Waals surface area contributed by atoms with Gasteiger partial charge in [0.2, 0.25) is 15.9 Å². The van der Waals surface area contributed by atoms with Crippen molar-refractivity contribution in [1.82, 2.24) is 8.87 Å².